The number of carbonyl (C=O) groups is 1. The number of aromatic carboxylic acids is 1. The van der Waals surface area contributed by atoms with Crippen LogP contribution in [0.15, 0.2) is 36.8 Å². The lowest BCUT2D eigenvalue weighted by atomic mass is 10.4. The molecule has 0 saturated heterocycles. The van der Waals surface area contributed by atoms with E-state index in [4.69, 9.17) is 0 Å². The first-order valence-corrected chi connectivity index (χ1v) is 3.95. The molecule has 0 radical (unpaired) electrons. The van der Waals surface area contributed by atoms with Gasteiger partial charge in [-0.2, -0.15) is 5.10 Å². The van der Waals surface area contributed by atoms with Crippen molar-refractivity contribution in [1.29, 1.82) is 0 Å². The van der Waals surface area contributed by atoms with Gasteiger partial charge in [-0.25, -0.2) is 9.67 Å². The van der Waals surface area contributed by atoms with E-state index in [0.717, 1.165) is 0 Å². The summed E-state index contributed by atoms with van der Waals surface area (Å²) in [5, 5.41) is 14.3. The smallest absolute Gasteiger partial charge is 0.153 e. The van der Waals surface area contributed by atoms with Gasteiger partial charge in [0.2, 0.25) is 0 Å². The van der Waals surface area contributed by atoms with Crippen LogP contribution in [0.5, 0.6) is 0 Å². The molecule has 14 heavy (non-hydrogen) atoms. The van der Waals surface area contributed by atoms with Crippen molar-refractivity contribution in [2.75, 3.05) is 0 Å². The average molecular weight is 188 g/mol. The molecule has 2 rings (SSSR count). The highest BCUT2D eigenvalue weighted by molar-refractivity contribution is 5.85. The summed E-state index contributed by atoms with van der Waals surface area (Å²) in [4.78, 5) is 14.5. The molecule has 0 bridgehead atoms. The zero-order valence-electron chi connectivity index (χ0n) is 7.12. The molecule has 0 saturated carbocycles. The molecule has 0 spiro atoms. The molecule has 0 aliphatic rings. The lowest BCUT2D eigenvalue weighted by molar-refractivity contribution is -0.255. The van der Waals surface area contributed by atoms with Gasteiger partial charge in [-0.15, -0.1) is 0 Å². The number of rotatable bonds is 2. The maximum absolute atomic E-state index is 10.5. The van der Waals surface area contributed by atoms with Crippen LogP contribution in [0.2, 0.25) is 0 Å². The zero-order valence-corrected chi connectivity index (χ0v) is 7.12. The molecule has 5 heteroatoms. The summed E-state index contributed by atoms with van der Waals surface area (Å²) in [6.45, 7) is 0. The highest BCUT2D eigenvalue weighted by Gasteiger charge is 2.00. The monoisotopic (exact) mass is 188 g/mol. The predicted molar refractivity (Wildman–Crippen MR) is 45.7 cm³/mol. The van der Waals surface area contributed by atoms with Crippen molar-refractivity contribution < 1.29 is 9.90 Å². The molecule has 5 nitrogen and oxygen atoms in total. The number of aromatic nitrogens is 3. The number of hydrogen-bond donors (Lipinski definition) is 0. The van der Waals surface area contributed by atoms with Crippen LogP contribution in [0, 0.1) is 0 Å². The van der Waals surface area contributed by atoms with Gasteiger partial charge in [-0.05, 0) is 12.1 Å². The van der Waals surface area contributed by atoms with E-state index < -0.39 is 5.97 Å². The maximum atomic E-state index is 10.5. The molecule has 0 aliphatic heterocycles. The fraction of sp³-hybridized carbons (Fsp3) is 0. The second-order valence-electron chi connectivity index (χ2n) is 2.65. The van der Waals surface area contributed by atoms with Gasteiger partial charge in [-0.3, -0.25) is 0 Å². The topological polar surface area (TPSA) is 70.8 Å². The van der Waals surface area contributed by atoms with Crippen LogP contribution in [0.25, 0.3) is 5.82 Å². The SMILES string of the molecule is O=C([O-])c1cnn(-c2ccccn2)c1. The van der Waals surface area contributed by atoms with Crippen molar-refractivity contribution in [3.8, 4) is 5.82 Å². The molecule has 2 heterocycles. The van der Waals surface area contributed by atoms with Crippen LogP contribution >= 0.6 is 0 Å². The van der Waals surface area contributed by atoms with Crippen LogP contribution in [-0.4, -0.2) is 20.7 Å². The maximum Gasteiger partial charge on any atom is 0.153 e. The Morgan fingerprint density at radius 1 is 1.43 bits per heavy atom. The molecule has 2 aromatic rings. The van der Waals surface area contributed by atoms with Crippen LogP contribution in [0.4, 0.5) is 0 Å². The van der Waals surface area contributed by atoms with E-state index in [0.29, 0.717) is 5.82 Å². The molecule has 0 N–H and O–H groups in total. The summed E-state index contributed by atoms with van der Waals surface area (Å²) < 4.78 is 1.38. The number of nitrogens with zero attached hydrogens (tertiary/aromatic N) is 3. The summed E-state index contributed by atoms with van der Waals surface area (Å²) in [5.41, 5.74) is 0.0376. The minimum Gasteiger partial charge on any atom is -0.545 e. The molecule has 0 aromatic carbocycles. The molecule has 0 unspecified atom stereocenters. The Balaban J connectivity index is 2.39. The summed E-state index contributed by atoms with van der Waals surface area (Å²) in [7, 11) is 0. The summed E-state index contributed by atoms with van der Waals surface area (Å²) >= 11 is 0. The Hall–Kier alpha value is -2.17. The minimum atomic E-state index is -1.24. The number of carboxylic acids is 1. The second-order valence-corrected chi connectivity index (χ2v) is 2.65. The Morgan fingerprint density at radius 2 is 2.29 bits per heavy atom. The molecule has 0 amide bonds. The van der Waals surface area contributed by atoms with Crippen LogP contribution < -0.4 is 5.11 Å². The van der Waals surface area contributed by atoms with Crippen molar-refractivity contribution in [3.63, 3.8) is 0 Å². The third kappa shape index (κ3) is 1.47. The predicted octanol–water partition coefficient (Wildman–Crippen LogP) is -0.369. The Kier molecular flexibility index (Phi) is 1.98. The van der Waals surface area contributed by atoms with Gasteiger partial charge in [0.25, 0.3) is 0 Å². The number of carbonyl (C=O) groups excluding carboxylic acids is 1. The number of hydrogen-bond acceptors (Lipinski definition) is 4. The first kappa shape index (κ1) is 8.43. The lowest BCUT2D eigenvalue weighted by Crippen LogP contribution is -2.21. The minimum absolute atomic E-state index is 0.0376. The van der Waals surface area contributed by atoms with Crippen molar-refractivity contribution in [3.05, 3.63) is 42.4 Å². The van der Waals surface area contributed by atoms with E-state index in [1.165, 1.54) is 17.1 Å². The van der Waals surface area contributed by atoms with Crippen molar-refractivity contribution in [2.24, 2.45) is 0 Å². The first-order chi connectivity index (χ1) is 6.77. The van der Waals surface area contributed by atoms with Crippen LogP contribution in [0.3, 0.4) is 0 Å². The van der Waals surface area contributed by atoms with Gasteiger partial charge in [0.05, 0.1) is 12.2 Å². The van der Waals surface area contributed by atoms with E-state index in [1.807, 2.05) is 0 Å². The average Bonchev–Trinajstić information content (AvgIpc) is 2.68. The fourth-order valence-electron chi connectivity index (χ4n) is 1.04. The van der Waals surface area contributed by atoms with Crippen LogP contribution in [0.1, 0.15) is 10.4 Å². The van der Waals surface area contributed by atoms with E-state index in [9.17, 15) is 9.90 Å². The fourth-order valence-corrected chi connectivity index (χ4v) is 1.04. The van der Waals surface area contributed by atoms with Crippen LogP contribution in [-0.2, 0) is 0 Å². The molecular weight excluding hydrogens is 182 g/mol. The molecular formula is C9H6N3O2-. The molecule has 2 aromatic heterocycles. The van der Waals surface area contributed by atoms with Gasteiger partial charge >= 0.3 is 0 Å². The van der Waals surface area contributed by atoms with E-state index in [1.54, 1.807) is 24.4 Å². The molecule has 0 atom stereocenters. The van der Waals surface area contributed by atoms with Crippen molar-refractivity contribution >= 4 is 5.97 Å². The van der Waals surface area contributed by atoms with Gasteiger partial charge in [-0.1, -0.05) is 6.07 Å². The van der Waals surface area contributed by atoms with Gasteiger partial charge < -0.3 is 9.90 Å². The van der Waals surface area contributed by atoms with Crippen molar-refractivity contribution in [2.45, 2.75) is 0 Å². The second kappa shape index (κ2) is 3.29. The standard InChI is InChI=1S/C9H7N3O2/c13-9(14)7-5-11-12(6-7)8-3-1-2-4-10-8/h1-6H,(H,13,14)/p-1. The number of carboxylic acid groups (broad SMARTS) is 1. The normalized spacial score (nSPS) is 10.0. The highest BCUT2D eigenvalue weighted by Crippen LogP contribution is 2.03. The van der Waals surface area contributed by atoms with E-state index in [2.05, 4.69) is 10.1 Å². The third-order valence-corrected chi connectivity index (χ3v) is 1.70. The van der Waals surface area contributed by atoms with Gasteiger partial charge in [0.15, 0.2) is 5.82 Å². The van der Waals surface area contributed by atoms with Crippen molar-refractivity contribution in [1.82, 2.24) is 14.8 Å². The first-order valence-electron chi connectivity index (χ1n) is 3.95. The Bertz CT molecular complexity index is 450. The lowest BCUT2D eigenvalue weighted by Gasteiger charge is -1.98. The van der Waals surface area contributed by atoms with E-state index >= 15 is 0 Å². The van der Waals surface area contributed by atoms with Gasteiger partial charge in [0, 0.05) is 18.0 Å². The summed E-state index contributed by atoms with van der Waals surface area (Å²) in [6.07, 6.45) is 4.19. The zero-order chi connectivity index (χ0) is 9.97. The Morgan fingerprint density at radius 3 is 2.86 bits per heavy atom. The van der Waals surface area contributed by atoms with Gasteiger partial charge in [0.1, 0.15) is 0 Å². The Labute approximate surface area is 79.6 Å². The molecule has 0 aliphatic carbocycles. The quantitative estimate of drug-likeness (QED) is 0.644. The molecule has 0 fully saturated rings. The largest absolute Gasteiger partial charge is 0.545 e. The summed E-state index contributed by atoms with van der Waals surface area (Å²) in [6, 6.07) is 5.29. The van der Waals surface area contributed by atoms with E-state index in [-0.39, 0.29) is 5.56 Å². The molecule has 70 valence electrons. The third-order valence-electron chi connectivity index (χ3n) is 1.70. The summed E-state index contributed by atoms with van der Waals surface area (Å²) in [5.74, 6) is -0.674. The number of pyridine rings is 1. The highest BCUT2D eigenvalue weighted by atomic mass is 16.4.